The summed E-state index contributed by atoms with van der Waals surface area (Å²) in [4.78, 5) is 27.9. The Hall–Kier alpha value is -3.27. The van der Waals surface area contributed by atoms with E-state index in [1.54, 1.807) is 19.1 Å². The van der Waals surface area contributed by atoms with Gasteiger partial charge in [0.2, 0.25) is 21.8 Å². The van der Waals surface area contributed by atoms with Crippen molar-refractivity contribution < 1.29 is 27.5 Å². The molecule has 0 spiro atoms. The van der Waals surface area contributed by atoms with Crippen molar-refractivity contribution in [3.8, 4) is 11.5 Å². The molecular weight excluding hydrogens is 470 g/mol. The second-order valence-electron chi connectivity index (χ2n) is 8.31. The van der Waals surface area contributed by atoms with Crippen LogP contribution in [0.1, 0.15) is 32.8 Å². The van der Waals surface area contributed by atoms with Gasteiger partial charge >= 0.3 is 0 Å². The second-order valence-corrected chi connectivity index (χ2v) is 10.2. The SMILES string of the molecule is CC[C@H](C)NC(=O)[C@@H](C)N(Cc1ccccc1)C(=O)CN(c1cc(OC)ccc1OC)S(C)(=O)=O. The number of nitrogens with zero attached hydrogens (tertiary/aromatic N) is 2. The minimum Gasteiger partial charge on any atom is -0.497 e. The Morgan fingerprint density at radius 3 is 2.23 bits per heavy atom. The van der Waals surface area contributed by atoms with Gasteiger partial charge in [-0.15, -0.1) is 0 Å². The van der Waals surface area contributed by atoms with Crippen molar-refractivity contribution in [1.29, 1.82) is 0 Å². The number of carbonyl (C=O) groups excluding carboxylic acids is 2. The van der Waals surface area contributed by atoms with Crippen LogP contribution >= 0.6 is 0 Å². The first-order valence-electron chi connectivity index (χ1n) is 11.3. The van der Waals surface area contributed by atoms with Crippen molar-refractivity contribution in [2.75, 3.05) is 31.3 Å². The number of rotatable bonds is 12. The quantitative estimate of drug-likeness (QED) is 0.476. The molecule has 10 heteroatoms. The van der Waals surface area contributed by atoms with Crippen LogP contribution in [0.3, 0.4) is 0 Å². The molecule has 0 unspecified atom stereocenters. The normalized spacial score (nSPS) is 12.9. The summed E-state index contributed by atoms with van der Waals surface area (Å²) >= 11 is 0. The molecule has 9 nitrogen and oxygen atoms in total. The third-order valence-electron chi connectivity index (χ3n) is 5.70. The van der Waals surface area contributed by atoms with Crippen LogP contribution in [0, 0.1) is 0 Å². The van der Waals surface area contributed by atoms with Crippen LogP contribution in [-0.2, 0) is 26.2 Å². The van der Waals surface area contributed by atoms with Crippen molar-refractivity contribution in [1.82, 2.24) is 10.2 Å². The molecule has 35 heavy (non-hydrogen) atoms. The number of nitrogens with one attached hydrogen (secondary N) is 1. The van der Waals surface area contributed by atoms with Gasteiger partial charge in [0.15, 0.2) is 0 Å². The van der Waals surface area contributed by atoms with Crippen LogP contribution in [0.25, 0.3) is 0 Å². The fourth-order valence-electron chi connectivity index (χ4n) is 3.41. The van der Waals surface area contributed by atoms with Crippen LogP contribution in [0.5, 0.6) is 11.5 Å². The van der Waals surface area contributed by atoms with Crippen LogP contribution < -0.4 is 19.1 Å². The molecule has 0 aliphatic carbocycles. The third-order valence-corrected chi connectivity index (χ3v) is 6.82. The molecule has 0 heterocycles. The van der Waals surface area contributed by atoms with E-state index in [4.69, 9.17) is 9.47 Å². The molecule has 0 radical (unpaired) electrons. The molecule has 0 saturated carbocycles. The van der Waals surface area contributed by atoms with Crippen molar-refractivity contribution in [2.24, 2.45) is 0 Å². The molecule has 0 bridgehead atoms. The van der Waals surface area contributed by atoms with E-state index in [0.29, 0.717) is 5.75 Å². The number of amides is 2. The Morgan fingerprint density at radius 2 is 1.69 bits per heavy atom. The molecule has 0 fully saturated rings. The van der Waals surface area contributed by atoms with Gasteiger partial charge in [-0.05, 0) is 38.0 Å². The highest BCUT2D eigenvalue weighted by molar-refractivity contribution is 7.92. The molecule has 2 amide bonds. The first-order valence-corrected chi connectivity index (χ1v) is 13.2. The highest BCUT2D eigenvalue weighted by Gasteiger charge is 2.31. The summed E-state index contributed by atoms with van der Waals surface area (Å²) in [5, 5.41) is 2.90. The lowest BCUT2D eigenvalue weighted by atomic mass is 10.1. The fraction of sp³-hybridized carbons (Fsp3) is 0.440. The number of methoxy groups -OCH3 is 2. The summed E-state index contributed by atoms with van der Waals surface area (Å²) in [6.07, 6.45) is 1.75. The van der Waals surface area contributed by atoms with E-state index in [1.807, 2.05) is 44.2 Å². The topological polar surface area (TPSA) is 105 Å². The lowest BCUT2D eigenvalue weighted by molar-refractivity contribution is -0.139. The Kier molecular flexibility index (Phi) is 9.94. The molecule has 0 saturated heterocycles. The number of anilines is 1. The third kappa shape index (κ3) is 7.61. The van der Waals surface area contributed by atoms with E-state index in [0.717, 1.165) is 22.5 Å². The molecule has 2 atom stereocenters. The zero-order chi connectivity index (χ0) is 26.2. The molecule has 2 aromatic rings. The highest BCUT2D eigenvalue weighted by atomic mass is 32.2. The van der Waals surface area contributed by atoms with E-state index in [9.17, 15) is 18.0 Å². The zero-order valence-electron chi connectivity index (χ0n) is 21.1. The summed E-state index contributed by atoms with van der Waals surface area (Å²) in [6.45, 7) is 5.09. The summed E-state index contributed by atoms with van der Waals surface area (Å²) in [5.74, 6) is -0.171. The van der Waals surface area contributed by atoms with E-state index >= 15 is 0 Å². The molecule has 0 aliphatic heterocycles. The highest BCUT2D eigenvalue weighted by Crippen LogP contribution is 2.34. The summed E-state index contributed by atoms with van der Waals surface area (Å²) < 4.78 is 37.1. The van der Waals surface area contributed by atoms with Crippen LogP contribution in [0.15, 0.2) is 48.5 Å². The van der Waals surface area contributed by atoms with Gasteiger partial charge in [0, 0.05) is 18.7 Å². The number of carbonyl (C=O) groups is 2. The van der Waals surface area contributed by atoms with Gasteiger partial charge in [0.25, 0.3) is 0 Å². The van der Waals surface area contributed by atoms with E-state index in [2.05, 4.69) is 5.32 Å². The van der Waals surface area contributed by atoms with Gasteiger partial charge in [-0.25, -0.2) is 8.42 Å². The Morgan fingerprint density at radius 1 is 1.03 bits per heavy atom. The largest absolute Gasteiger partial charge is 0.497 e. The van der Waals surface area contributed by atoms with Gasteiger partial charge in [-0.2, -0.15) is 0 Å². The monoisotopic (exact) mass is 505 g/mol. The first-order chi connectivity index (χ1) is 16.5. The van der Waals surface area contributed by atoms with E-state index < -0.39 is 28.5 Å². The lowest BCUT2D eigenvalue weighted by Crippen LogP contribution is -2.52. The Balaban J connectivity index is 2.45. The smallest absolute Gasteiger partial charge is 0.244 e. The maximum absolute atomic E-state index is 13.6. The van der Waals surface area contributed by atoms with Crippen molar-refractivity contribution in [3.05, 3.63) is 54.1 Å². The van der Waals surface area contributed by atoms with Crippen LogP contribution in [-0.4, -0.2) is 64.2 Å². The fourth-order valence-corrected chi connectivity index (χ4v) is 4.26. The lowest BCUT2D eigenvalue weighted by Gasteiger charge is -2.32. The van der Waals surface area contributed by atoms with Gasteiger partial charge < -0.3 is 19.7 Å². The maximum Gasteiger partial charge on any atom is 0.244 e. The minimum absolute atomic E-state index is 0.0628. The predicted octanol–water partition coefficient (Wildman–Crippen LogP) is 2.80. The molecule has 0 aliphatic rings. The van der Waals surface area contributed by atoms with Crippen molar-refractivity contribution in [3.63, 3.8) is 0 Å². The van der Waals surface area contributed by atoms with Gasteiger partial charge in [0.1, 0.15) is 24.1 Å². The van der Waals surface area contributed by atoms with E-state index in [-0.39, 0.29) is 29.9 Å². The van der Waals surface area contributed by atoms with Crippen molar-refractivity contribution >= 4 is 27.5 Å². The second kappa shape index (κ2) is 12.4. The number of hydrogen-bond acceptors (Lipinski definition) is 6. The van der Waals surface area contributed by atoms with Gasteiger partial charge in [-0.3, -0.25) is 13.9 Å². The number of ether oxygens (including phenoxy) is 2. The Bertz CT molecular complexity index is 1110. The van der Waals surface area contributed by atoms with Gasteiger partial charge in [-0.1, -0.05) is 37.3 Å². The molecule has 2 aromatic carbocycles. The van der Waals surface area contributed by atoms with Crippen LogP contribution in [0.4, 0.5) is 5.69 Å². The average molecular weight is 506 g/mol. The molecule has 192 valence electrons. The van der Waals surface area contributed by atoms with E-state index in [1.165, 1.54) is 25.2 Å². The Labute approximate surface area is 208 Å². The zero-order valence-corrected chi connectivity index (χ0v) is 22.0. The standard InChI is InChI=1S/C25H35N3O6S/c1-7-18(2)26-25(30)19(3)27(16-20-11-9-8-10-12-20)24(29)17-28(35(6,31)32)22-15-21(33-4)13-14-23(22)34-5/h8-15,18-19H,7,16-17H2,1-6H3,(H,26,30)/t18-,19+/m0/s1. The summed E-state index contributed by atoms with van der Waals surface area (Å²) in [7, 11) is -1.02. The molecular formula is C25H35N3O6S. The summed E-state index contributed by atoms with van der Waals surface area (Å²) in [6, 6.07) is 13.0. The maximum atomic E-state index is 13.6. The van der Waals surface area contributed by atoms with Crippen molar-refractivity contribution in [2.45, 2.75) is 45.8 Å². The molecule has 1 N–H and O–H groups in total. The average Bonchev–Trinajstić information content (AvgIpc) is 2.84. The molecule has 0 aromatic heterocycles. The number of sulfonamides is 1. The number of benzene rings is 2. The predicted molar refractivity (Wildman–Crippen MR) is 136 cm³/mol. The molecule has 2 rings (SSSR count). The van der Waals surface area contributed by atoms with Gasteiger partial charge in [0.05, 0.1) is 26.2 Å². The summed E-state index contributed by atoms with van der Waals surface area (Å²) in [5.41, 5.74) is 0.980. The minimum atomic E-state index is -3.90. The first kappa shape index (κ1) is 28.0. The van der Waals surface area contributed by atoms with Crippen LogP contribution in [0.2, 0.25) is 0 Å². The number of hydrogen-bond donors (Lipinski definition) is 1.